The number of rotatable bonds is 3. The molecule has 2 heterocycles. The minimum Gasteiger partial charge on any atom is -0.461 e. The molecule has 0 aliphatic carbocycles. The molecule has 0 aliphatic rings. The molecule has 0 fully saturated rings. The van der Waals surface area contributed by atoms with Gasteiger partial charge in [0, 0.05) is 11.1 Å². The molecule has 0 saturated heterocycles. The summed E-state index contributed by atoms with van der Waals surface area (Å²) < 4.78 is 6.42. The number of carbonyl (C=O) groups excluding carboxylic acids is 1. The van der Waals surface area contributed by atoms with Crippen LogP contribution in [0.2, 0.25) is 0 Å². The molecule has 0 saturated carbocycles. The van der Waals surface area contributed by atoms with E-state index in [1.165, 1.54) is 17.7 Å². The van der Waals surface area contributed by atoms with Crippen LogP contribution < -0.4 is 5.73 Å². The minimum atomic E-state index is -0.517. The van der Waals surface area contributed by atoms with Crippen LogP contribution in [-0.2, 0) is 4.74 Å². The smallest absolute Gasteiger partial charge is 0.360 e. The second kappa shape index (κ2) is 4.54. The Morgan fingerprint density at radius 3 is 2.94 bits per heavy atom. The Bertz CT molecular complexity index is 546. The van der Waals surface area contributed by atoms with Gasteiger partial charge in [0.2, 0.25) is 0 Å². The zero-order valence-electron chi connectivity index (χ0n) is 9.51. The highest BCUT2D eigenvalue weighted by atomic mass is 32.1. The third-order valence-electron chi connectivity index (χ3n) is 2.09. The number of esters is 1. The molecule has 0 bridgehead atoms. The van der Waals surface area contributed by atoms with Crippen molar-refractivity contribution in [2.75, 3.05) is 12.3 Å². The summed E-state index contributed by atoms with van der Waals surface area (Å²) in [5.41, 5.74) is 5.97. The normalized spacial score (nSPS) is 10.5. The number of carbonyl (C=O) groups is 1. The van der Waals surface area contributed by atoms with E-state index in [9.17, 15) is 4.79 Å². The van der Waals surface area contributed by atoms with Crippen molar-refractivity contribution >= 4 is 23.1 Å². The van der Waals surface area contributed by atoms with E-state index in [1.807, 2.05) is 6.92 Å². The fraction of sp³-hybridized carbons (Fsp3) is 0.300. The first-order chi connectivity index (χ1) is 8.13. The number of nitrogen functional groups attached to an aromatic ring is 1. The van der Waals surface area contributed by atoms with Gasteiger partial charge in [0.05, 0.1) is 6.61 Å². The number of hydrogen-bond donors (Lipinski definition) is 1. The number of aryl methyl sites for hydroxylation is 1. The predicted molar refractivity (Wildman–Crippen MR) is 64.3 cm³/mol. The number of hydrogen-bond acceptors (Lipinski definition) is 6. The SMILES string of the molecule is CCOC(=O)c1ncn(-c2ncc(C)s2)c1N. The van der Waals surface area contributed by atoms with E-state index in [0.717, 1.165) is 4.88 Å². The van der Waals surface area contributed by atoms with Gasteiger partial charge in [-0.1, -0.05) is 0 Å². The van der Waals surface area contributed by atoms with E-state index in [4.69, 9.17) is 10.5 Å². The first-order valence-corrected chi connectivity index (χ1v) is 5.88. The molecule has 0 unspecified atom stereocenters. The van der Waals surface area contributed by atoms with Gasteiger partial charge in [-0.05, 0) is 13.8 Å². The lowest BCUT2D eigenvalue weighted by molar-refractivity contribution is 0.0521. The van der Waals surface area contributed by atoms with Gasteiger partial charge in [-0.25, -0.2) is 14.8 Å². The van der Waals surface area contributed by atoms with Crippen LogP contribution in [0.1, 0.15) is 22.3 Å². The maximum Gasteiger partial charge on any atom is 0.360 e. The van der Waals surface area contributed by atoms with Gasteiger partial charge in [0.25, 0.3) is 0 Å². The van der Waals surface area contributed by atoms with Gasteiger partial charge in [0.15, 0.2) is 10.8 Å². The van der Waals surface area contributed by atoms with E-state index in [1.54, 1.807) is 17.7 Å². The van der Waals surface area contributed by atoms with Crippen LogP contribution in [0.4, 0.5) is 5.82 Å². The average Bonchev–Trinajstić information content (AvgIpc) is 2.85. The zero-order chi connectivity index (χ0) is 12.4. The number of imidazole rings is 1. The predicted octanol–water partition coefficient (Wildman–Crippen LogP) is 1.40. The summed E-state index contributed by atoms with van der Waals surface area (Å²) in [4.78, 5) is 20.7. The Kier molecular flexibility index (Phi) is 3.10. The molecule has 0 radical (unpaired) electrons. The molecule has 2 N–H and O–H groups in total. The quantitative estimate of drug-likeness (QED) is 0.835. The summed E-state index contributed by atoms with van der Waals surface area (Å²) in [5.74, 6) is -0.269. The van der Waals surface area contributed by atoms with E-state index >= 15 is 0 Å². The van der Waals surface area contributed by atoms with Crippen molar-refractivity contribution in [1.82, 2.24) is 14.5 Å². The summed E-state index contributed by atoms with van der Waals surface area (Å²) in [6.07, 6.45) is 3.21. The molecule has 0 spiro atoms. The Morgan fingerprint density at radius 2 is 2.35 bits per heavy atom. The third-order valence-corrected chi connectivity index (χ3v) is 3.00. The van der Waals surface area contributed by atoms with Crippen molar-refractivity contribution < 1.29 is 9.53 Å². The number of anilines is 1. The third kappa shape index (κ3) is 2.14. The number of thiazole rings is 1. The summed E-state index contributed by atoms with van der Waals surface area (Å²) >= 11 is 1.47. The molecule has 90 valence electrons. The topological polar surface area (TPSA) is 83.0 Å². The largest absolute Gasteiger partial charge is 0.461 e. The lowest BCUT2D eigenvalue weighted by Crippen LogP contribution is -2.09. The second-order valence-electron chi connectivity index (χ2n) is 3.32. The first kappa shape index (κ1) is 11.6. The van der Waals surface area contributed by atoms with Crippen LogP contribution in [0.25, 0.3) is 5.13 Å². The van der Waals surface area contributed by atoms with E-state index < -0.39 is 5.97 Å². The zero-order valence-corrected chi connectivity index (χ0v) is 10.3. The van der Waals surface area contributed by atoms with Gasteiger partial charge in [0.1, 0.15) is 12.1 Å². The minimum absolute atomic E-state index is 0.125. The molecule has 0 aliphatic heterocycles. The average molecular weight is 252 g/mol. The Hall–Kier alpha value is -1.89. The van der Waals surface area contributed by atoms with Crippen LogP contribution in [-0.4, -0.2) is 27.1 Å². The van der Waals surface area contributed by atoms with Crippen molar-refractivity contribution in [2.45, 2.75) is 13.8 Å². The van der Waals surface area contributed by atoms with Crippen molar-refractivity contribution in [2.24, 2.45) is 0 Å². The fourth-order valence-electron chi connectivity index (χ4n) is 1.32. The number of nitrogens with two attached hydrogens (primary N) is 1. The van der Waals surface area contributed by atoms with Crippen LogP contribution in [0.5, 0.6) is 0 Å². The molecular formula is C10H12N4O2S. The van der Waals surface area contributed by atoms with Gasteiger partial charge < -0.3 is 10.5 Å². The van der Waals surface area contributed by atoms with Crippen molar-refractivity contribution in [3.8, 4) is 5.13 Å². The van der Waals surface area contributed by atoms with E-state index in [0.29, 0.717) is 11.7 Å². The molecule has 6 nitrogen and oxygen atoms in total. The number of aromatic nitrogens is 3. The molecular weight excluding hydrogens is 240 g/mol. The summed E-state index contributed by atoms with van der Waals surface area (Å²) in [6, 6.07) is 0. The lowest BCUT2D eigenvalue weighted by Gasteiger charge is -2.01. The molecule has 17 heavy (non-hydrogen) atoms. The van der Waals surface area contributed by atoms with Crippen molar-refractivity contribution in [3.63, 3.8) is 0 Å². The lowest BCUT2D eigenvalue weighted by atomic mass is 10.4. The summed E-state index contributed by atoms with van der Waals surface area (Å²) in [7, 11) is 0. The van der Waals surface area contributed by atoms with Crippen molar-refractivity contribution in [3.05, 3.63) is 23.1 Å². The van der Waals surface area contributed by atoms with Gasteiger partial charge in [-0.2, -0.15) is 0 Å². The van der Waals surface area contributed by atoms with Gasteiger partial charge >= 0.3 is 5.97 Å². The van der Waals surface area contributed by atoms with Crippen molar-refractivity contribution in [1.29, 1.82) is 0 Å². The molecule has 7 heteroatoms. The van der Waals surface area contributed by atoms with Crippen LogP contribution >= 0.6 is 11.3 Å². The second-order valence-corrected chi connectivity index (χ2v) is 4.54. The first-order valence-electron chi connectivity index (χ1n) is 5.06. The molecule has 2 aromatic heterocycles. The summed E-state index contributed by atoms with van der Waals surface area (Å²) in [5, 5.41) is 0.683. The highest BCUT2D eigenvalue weighted by molar-refractivity contribution is 7.14. The summed E-state index contributed by atoms with van der Waals surface area (Å²) in [6.45, 7) is 3.97. The monoisotopic (exact) mass is 252 g/mol. The van der Waals surface area contributed by atoms with Crippen LogP contribution in [0.3, 0.4) is 0 Å². The Labute approximate surface area is 102 Å². The Morgan fingerprint density at radius 1 is 1.59 bits per heavy atom. The highest BCUT2D eigenvalue weighted by Gasteiger charge is 2.18. The number of ether oxygens (including phenoxy) is 1. The van der Waals surface area contributed by atoms with Crippen LogP contribution in [0, 0.1) is 6.92 Å². The molecule has 2 aromatic rings. The van der Waals surface area contributed by atoms with E-state index in [2.05, 4.69) is 9.97 Å². The number of nitrogens with zero attached hydrogens (tertiary/aromatic N) is 3. The maximum absolute atomic E-state index is 11.5. The maximum atomic E-state index is 11.5. The fourth-order valence-corrected chi connectivity index (χ4v) is 2.06. The molecule has 0 aromatic carbocycles. The Balaban J connectivity index is 2.36. The molecule has 0 amide bonds. The van der Waals surface area contributed by atoms with Gasteiger partial charge in [-0.3, -0.25) is 4.57 Å². The van der Waals surface area contributed by atoms with E-state index in [-0.39, 0.29) is 11.5 Å². The highest BCUT2D eigenvalue weighted by Crippen LogP contribution is 2.21. The van der Waals surface area contributed by atoms with Gasteiger partial charge in [-0.15, -0.1) is 11.3 Å². The molecule has 2 rings (SSSR count). The molecule has 0 atom stereocenters. The van der Waals surface area contributed by atoms with Crippen LogP contribution in [0.15, 0.2) is 12.5 Å². The standard InChI is InChI=1S/C10H12N4O2S/c1-3-16-9(15)7-8(11)14(5-13-7)10-12-4-6(2)17-10/h4-5H,3,11H2,1-2H3.